The highest BCUT2D eigenvalue weighted by atomic mass is 35.5. The number of nitrogens with zero attached hydrogens (tertiary/aromatic N) is 2. The summed E-state index contributed by atoms with van der Waals surface area (Å²) in [5, 5.41) is 0.733. The Labute approximate surface area is 126 Å². The minimum atomic E-state index is 0.0643. The van der Waals surface area contributed by atoms with Crippen LogP contribution >= 0.6 is 11.6 Å². The van der Waals surface area contributed by atoms with E-state index in [4.69, 9.17) is 11.6 Å². The zero-order chi connectivity index (χ0) is 15.1. The van der Waals surface area contributed by atoms with Crippen LogP contribution in [0.3, 0.4) is 0 Å². The van der Waals surface area contributed by atoms with Crippen LogP contribution in [-0.4, -0.2) is 43.6 Å². The van der Waals surface area contributed by atoms with Gasteiger partial charge in [0.25, 0.3) is 5.91 Å². The molecule has 0 saturated carbocycles. The van der Waals surface area contributed by atoms with Gasteiger partial charge in [-0.05, 0) is 44.0 Å². The van der Waals surface area contributed by atoms with Crippen molar-refractivity contribution in [1.29, 1.82) is 0 Å². The molecular formula is C16H24ClN2O+. The average molecular weight is 296 g/mol. The molecule has 1 amide bonds. The van der Waals surface area contributed by atoms with E-state index in [1.807, 2.05) is 30.9 Å². The molecule has 0 spiro atoms. The fourth-order valence-electron chi connectivity index (χ4n) is 3.08. The van der Waals surface area contributed by atoms with Gasteiger partial charge < -0.3 is 9.38 Å². The lowest BCUT2D eigenvalue weighted by atomic mass is 10.1. The number of likely N-dealkylation sites (N-methyl/N-ethyl adjacent to an activating group) is 1. The molecule has 0 aliphatic carbocycles. The zero-order valence-corrected chi connectivity index (χ0v) is 13.8. The Morgan fingerprint density at radius 2 is 1.85 bits per heavy atom. The Morgan fingerprint density at radius 1 is 1.30 bits per heavy atom. The number of carbonyl (C=O) groups is 1. The van der Waals surface area contributed by atoms with Crippen LogP contribution < -0.4 is 4.90 Å². The van der Waals surface area contributed by atoms with Gasteiger partial charge in [-0.3, -0.25) is 4.79 Å². The van der Waals surface area contributed by atoms with Gasteiger partial charge in [-0.1, -0.05) is 11.6 Å². The van der Waals surface area contributed by atoms with Crippen molar-refractivity contribution in [2.24, 2.45) is 0 Å². The van der Waals surface area contributed by atoms with Crippen molar-refractivity contribution in [1.82, 2.24) is 0 Å². The van der Waals surface area contributed by atoms with Crippen molar-refractivity contribution < 1.29 is 9.28 Å². The summed E-state index contributed by atoms with van der Waals surface area (Å²) >= 11 is 6.08. The highest BCUT2D eigenvalue weighted by Crippen LogP contribution is 2.33. The first-order chi connectivity index (χ1) is 9.27. The van der Waals surface area contributed by atoms with Crippen LogP contribution in [0.15, 0.2) is 12.1 Å². The van der Waals surface area contributed by atoms with Crippen molar-refractivity contribution >= 4 is 23.2 Å². The number of rotatable bonds is 3. The molecule has 1 heterocycles. The maximum Gasteiger partial charge on any atom is 0.285 e. The third kappa shape index (κ3) is 2.57. The van der Waals surface area contributed by atoms with Gasteiger partial charge in [0, 0.05) is 23.7 Å². The van der Waals surface area contributed by atoms with Gasteiger partial charge in [0.1, 0.15) is 0 Å². The number of anilines is 1. The molecule has 1 aliphatic rings. The molecule has 1 fully saturated rings. The lowest BCUT2D eigenvalue weighted by Gasteiger charge is -2.33. The molecule has 0 N–H and O–H groups in total. The van der Waals surface area contributed by atoms with E-state index in [9.17, 15) is 4.79 Å². The van der Waals surface area contributed by atoms with Crippen LogP contribution in [0, 0.1) is 13.8 Å². The third-order valence-corrected chi connectivity index (χ3v) is 4.78. The fraction of sp³-hybridized carbons (Fsp3) is 0.562. The second kappa shape index (κ2) is 5.38. The monoisotopic (exact) mass is 295 g/mol. The number of hydrogen-bond donors (Lipinski definition) is 0. The summed E-state index contributed by atoms with van der Waals surface area (Å²) in [4.78, 5) is 14.7. The van der Waals surface area contributed by atoms with Gasteiger partial charge in [0.2, 0.25) is 0 Å². The van der Waals surface area contributed by atoms with Crippen molar-refractivity contribution in [3.05, 3.63) is 28.3 Å². The maximum atomic E-state index is 12.8. The normalized spacial score (nSPS) is 19.8. The predicted octanol–water partition coefficient (Wildman–Crippen LogP) is 3.16. The van der Waals surface area contributed by atoms with Gasteiger partial charge in [0.05, 0.1) is 20.6 Å². The van der Waals surface area contributed by atoms with E-state index in [1.165, 1.54) is 0 Å². The molecular weight excluding hydrogens is 272 g/mol. The van der Waals surface area contributed by atoms with Crippen LogP contribution in [0.4, 0.5) is 5.69 Å². The summed E-state index contributed by atoms with van der Waals surface area (Å²) < 4.78 is 0.751. The fourth-order valence-corrected chi connectivity index (χ4v) is 3.41. The molecule has 4 heteroatoms. The third-order valence-electron chi connectivity index (χ3n) is 4.56. The molecule has 2 rings (SSSR count). The SMILES string of the molecule is CC[N+](C)(C)C1CCN(c2c(C)cc(Cl)cc2C)C1=O. The Bertz CT molecular complexity index is 516. The first-order valence-corrected chi connectivity index (χ1v) is 7.56. The van der Waals surface area contributed by atoms with Crippen LogP contribution in [0.1, 0.15) is 24.5 Å². The Morgan fingerprint density at radius 3 is 2.35 bits per heavy atom. The van der Waals surface area contributed by atoms with Crippen LogP contribution in [0.2, 0.25) is 5.02 Å². The second-order valence-electron chi connectivity index (χ2n) is 6.28. The first kappa shape index (κ1) is 15.3. The van der Waals surface area contributed by atoms with Crippen molar-refractivity contribution in [3.8, 4) is 0 Å². The summed E-state index contributed by atoms with van der Waals surface area (Å²) in [6.07, 6.45) is 0.918. The Kier molecular flexibility index (Phi) is 4.12. The molecule has 110 valence electrons. The molecule has 0 aromatic heterocycles. The molecule has 1 aliphatic heterocycles. The lowest BCUT2D eigenvalue weighted by Crippen LogP contribution is -2.52. The van der Waals surface area contributed by atoms with Gasteiger partial charge in [0.15, 0.2) is 6.04 Å². The molecule has 1 saturated heterocycles. The number of halogens is 1. The molecule has 3 nitrogen and oxygen atoms in total. The van der Waals surface area contributed by atoms with E-state index >= 15 is 0 Å². The van der Waals surface area contributed by atoms with Crippen molar-refractivity contribution in [2.75, 3.05) is 32.1 Å². The second-order valence-corrected chi connectivity index (χ2v) is 6.71. The summed E-state index contributed by atoms with van der Waals surface area (Å²) in [5.74, 6) is 0.241. The number of amides is 1. The highest BCUT2D eigenvalue weighted by molar-refractivity contribution is 6.30. The number of aryl methyl sites for hydroxylation is 2. The number of quaternary nitrogens is 1. The maximum absolute atomic E-state index is 12.8. The van der Waals surface area contributed by atoms with Crippen LogP contribution in [-0.2, 0) is 4.79 Å². The smallest absolute Gasteiger partial charge is 0.285 e. The van der Waals surface area contributed by atoms with Crippen molar-refractivity contribution in [3.63, 3.8) is 0 Å². The van der Waals surface area contributed by atoms with E-state index in [-0.39, 0.29) is 11.9 Å². The van der Waals surface area contributed by atoms with E-state index in [0.29, 0.717) is 0 Å². The topological polar surface area (TPSA) is 20.3 Å². The van der Waals surface area contributed by atoms with Crippen LogP contribution in [0.5, 0.6) is 0 Å². The molecule has 1 aromatic carbocycles. The van der Waals surface area contributed by atoms with E-state index < -0.39 is 0 Å². The van der Waals surface area contributed by atoms with Gasteiger partial charge in [-0.2, -0.15) is 0 Å². The number of benzene rings is 1. The summed E-state index contributed by atoms with van der Waals surface area (Å²) in [5.41, 5.74) is 3.19. The predicted molar refractivity (Wildman–Crippen MR) is 84.3 cm³/mol. The van der Waals surface area contributed by atoms with Gasteiger partial charge >= 0.3 is 0 Å². The average Bonchev–Trinajstić information content (AvgIpc) is 2.71. The minimum absolute atomic E-state index is 0.0643. The van der Waals surface area contributed by atoms with Crippen molar-refractivity contribution in [2.45, 2.75) is 33.2 Å². The summed E-state index contributed by atoms with van der Waals surface area (Å²) in [7, 11) is 4.27. The number of carbonyl (C=O) groups excluding carboxylic acids is 1. The Balaban J connectivity index is 2.36. The highest BCUT2D eigenvalue weighted by Gasteiger charge is 2.43. The van der Waals surface area contributed by atoms with Gasteiger partial charge in [-0.25, -0.2) is 0 Å². The lowest BCUT2D eigenvalue weighted by molar-refractivity contribution is -0.903. The quantitative estimate of drug-likeness (QED) is 0.785. The molecule has 0 radical (unpaired) electrons. The summed E-state index contributed by atoms with van der Waals surface area (Å²) in [6, 6.07) is 3.93. The van der Waals surface area contributed by atoms with E-state index in [1.54, 1.807) is 0 Å². The Hall–Kier alpha value is -1.06. The van der Waals surface area contributed by atoms with Gasteiger partial charge in [-0.15, -0.1) is 0 Å². The molecule has 0 bridgehead atoms. The zero-order valence-electron chi connectivity index (χ0n) is 13.0. The molecule has 20 heavy (non-hydrogen) atoms. The van der Waals surface area contributed by atoms with E-state index in [2.05, 4.69) is 21.0 Å². The minimum Gasteiger partial charge on any atom is -0.318 e. The largest absolute Gasteiger partial charge is 0.318 e. The number of hydrogen-bond acceptors (Lipinski definition) is 1. The molecule has 1 atom stereocenters. The molecule has 1 aromatic rings. The van der Waals surface area contributed by atoms with Crippen LogP contribution in [0.25, 0.3) is 0 Å². The van der Waals surface area contributed by atoms with E-state index in [0.717, 1.165) is 45.8 Å². The summed E-state index contributed by atoms with van der Waals surface area (Å²) in [6.45, 7) is 7.94. The first-order valence-electron chi connectivity index (χ1n) is 7.18. The standard InChI is InChI=1S/C16H24ClN2O/c1-6-19(4,5)14-7-8-18(16(14)20)15-11(2)9-13(17)10-12(15)3/h9-10,14H,6-8H2,1-5H3/q+1. The molecule has 1 unspecified atom stereocenters.